The molecule has 2 aliphatic heterocycles. The molecule has 0 radical (unpaired) electrons. The fourth-order valence-electron chi connectivity index (χ4n) is 4.58. The number of aryl methyl sites for hydroxylation is 2. The lowest BCUT2D eigenvalue weighted by Gasteiger charge is -2.22. The second-order valence-corrected chi connectivity index (χ2v) is 10.9. The van der Waals surface area contributed by atoms with Crippen molar-refractivity contribution in [3.05, 3.63) is 77.1 Å². The number of nitrogens with zero attached hydrogens (tertiary/aromatic N) is 1. The molecule has 6 nitrogen and oxygen atoms in total. The number of fused-ring (bicyclic) bond motifs is 1. The number of hydrogen-bond acceptors (Lipinski definition) is 5. The van der Waals surface area contributed by atoms with Crippen molar-refractivity contribution in [3.63, 3.8) is 0 Å². The van der Waals surface area contributed by atoms with Crippen molar-refractivity contribution < 1.29 is 27.0 Å². The van der Waals surface area contributed by atoms with Crippen LogP contribution in [0.4, 0.5) is 4.39 Å². The van der Waals surface area contributed by atoms with Crippen LogP contribution < -0.4 is 9.47 Å². The highest BCUT2D eigenvalue weighted by atomic mass is 32.2. The second kappa shape index (κ2) is 9.60. The van der Waals surface area contributed by atoms with Gasteiger partial charge in [-0.15, -0.1) is 0 Å². The molecule has 0 aliphatic carbocycles. The minimum atomic E-state index is -3.95. The molecule has 0 spiro atoms. The maximum atomic E-state index is 14.0. The molecule has 0 amide bonds. The maximum Gasteiger partial charge on any atom is 0.243 e. The summed E-state index contributed by atoms with van der Waals surface area (Å²) in [5, 5.41) is 0. The summed E-state index contributed by atoms with van der Waals surface area (Å²) in [6.45, 7) is 5.23. The Morgan fingerprint density at radius 2 is 1.86 bits per heavy atom. The van der Waals surface area contributed by atoms with Crippen LogP contribution in [0.3, 0.4) is 0 Å². The molecule has 8 heteroatoms. The summed E-state index contributed by atoms with van der Waals surface area (Å²) in [5.74, 6) is 0.539. The Labute approximate surface area is 205 Å². The lowest BCUT2D eigenvalue weighted by atomic mass is 9.98. The topological polar surface area (TPSA) is 65.1 Å². The van der Waals surface area contributed by atoms with Gasteiger partial charge < -0.3 is 14.2 Å². The molecule has 1 atom stereocenters. The molecule has 2 heterocycles. The van der Waals surface area contributed by atoms with E-state index in [1.807, 2.05) is 43.3 Å². The smallest absolute Gasteiger partial charge is 0.243 e. The third-order valence-corrected chi connectivity index (χ3v) is 8.46. The molecule has 0 N–H and O–H groups in total. The summed E-state index contributed by atoms with van der Waals surface area (Å²) in [6, 6.07) is 15.8. The van der Waals surface area contributed by atoms with Gasteiger partial charge in [-0.2, -0.15) is 4.31 Å². The van der Waals surface area contributed by atoms with E-state index in [0.29, 0.717) is 35.8 Å². The molecule has 1 unspecified atom stereocenters. The van der Waals surface area contributed by atoms with E-state index in [1.54, 1.807) is 6.92 Å². The highest BCUT2D eigenvalue weighted by molar-refractivity contribution is 7.89. The normalized spacial score (nSPS) is 18.5. The highest BCUT2D eigenvalue weighted by Crippen LogP contribution is 2.41. The molecular weight excluding hydrogens is 469 g/mol. The average molecular weight is 498 g/mol. The molecule has 0 saturated carbocycles. The van der Waals surface area contributed by atoms with Crippen LogP contribution in [-0.4, -0.2) is 45.2 Å². The van der Waals surface area contributed by atoms with E-state index < -0.39 is 15.8 Å². The van der Waals surface area contributed by atoms with Crippen molar-refractivity contribution in [2.75, 3.05) is 26.4 Å². The fraction of sp³-hybridized carbons (Fsp3) is 0.333. The van der Waals surface area contributed by atoms with Crippen molar-refractivity contribution in [1.82, 2.24) is 4.31 Å². The van der Waals surface area contributed by atoms with Gasteiger partial charge in [-0.05, 0) is 60.4 Å². The molecular formula is C27H28FNO5S. The Morgan fingerprint density at radius 3 is 2.63 bits per heavy atom. The fourth-order valence-corrected chi connectivity index (χ4v) is 6.22. The van der Waals surface area contributed by atoms with Gasteiger partial charge in [0.1, 0.15) is 18.5 Å². The summed E-state index contributed by atoms with van der Waals surface area (Å²) >= 11 is 0. The first-order chi connectivity index (χ1) is 16.8. The maximum absolute atomic E-state index is 14.0. The van der Waals surface area contributed by atoms with E-state index in [1.165, 1.54) is 16.4 Å². The van der Waals surface area contributed by atoms with Gasteiger partial charge in [0.25, 0.3) is 0 Å². The first kappa shape index (κ1) is 23.8. The highest BCUT2D eigenvalue weighted by Gasteiger charge is 2.31. The predicted octanol–water partition coefficient (Wildman–Crippen LogP) is 4.86. The van der Waals surface area contributed by atoms with Crippen LogP contribution in [0.25, 0.3) is 11.1 Å². The van der Waals surface area contributed by atoms with E-state index in [2.05, 4.69) is 0 Å². The van der Waals surface area contributed by atoms with E-state index >= 15 is 0 Å². The second-order valence-electron chi connectivity index (χ2n) is 8.98. The van der Waals surface area contributed by atoms with Crippen LogP contribution >= 0.6 is 0 Å². The number of rotatable bonds is 5. The van der Waals surface area contributed by atoms with Crippen LogP contribution in [0.1, 0.15) is 23.1 Å². The summed E-state index contributed by atoms with van der Waals surface area (Å²) < 4.78 is 60.3. The molecule has 2 aliphatic rings. The van der Waals surface area contributed by atoms with Gasteiger partial charge in [0, 0.05) is 25.1 Å². The molecule has 3 aromatic rings. The summed E-state index contributed by atoms with van der Waals surface area (Å²) in [4.78, 5) is -0.0319. The Hall–Kier alpha value is -2.94. The van der Waals surface area contributed by atoms with Crippen LogP contribution in [0, 0.1) is 19.7 Å². The number of benzene rings is 3. The third-order valence-electron chi connectivity index (χ3n) is 6.47. The lowest BCUT2D eigenvalue weighted by Crippen LogP contribution is -2.33. The molecule has 1 fully saturated rings. The number of hydrogen-bond donors (Lipinski definition) is 0. The van der Waals surface area contributed by atoms with Gasteiger partial charge in [0.05, 0.1) is 18.1 Å². The van der Waals surface area contributed by atoms with Crippen molar-refractivity contribution in [2.24, 2.45) is 0 Å². The van der Waals surface area contributed by atoms with E-state index in [9.17, 15) is 12.8 Å². The predicted molar refractivity (Wildman–Crippen MR) is 131 cm³/mol. The van der Waals surface area contributed by atoms with Gasteiger partial charge in [-0.3, -0.25) is 0 Å². The molecule has 184 valence electrons. The summed E-state index contributed by atoms with van der Waals surface area (Å²) in [7, 11) is -3.95. The van der Waals surface area contributed by atoms with Crippen LogP contribution in [0.5, 0.6) is 11.5 Å². The molecule has 1 saturated heterocycles. The quantitative estimate of drug-likeness (QED) is 0.504. The van der Waals surface area contributed by atoms with Crippen LogP contribution in [-0.2, 0) is 21.3 Å². The molecule has 35 heavy (non-hydrogen) atoms. The first-order valence-electron chi connectivity index (χ1n) is 11.7. The Kier molecular flexibility index (Phi) is 6.53. The van der Waals surface area contributed by atoms with Crippen molar-refractivity contribution in [2.45, 2.75) is 37.8 Å². The number of sulfonamides is 1. The average Bonchev–Trinajstić information content (AvgIpc) is 3.24. The van der Waals surface area contributed by atoms with Gasteiger partial charge in [-0.25, -0.2) is 12.8 Å². The zero-order valence-corrected chi connectivity index (χ0v) is 20.6. The van der Waals surface area contributed by atoms with Gasteiger partial charge in [0.15, 0.2) is 11.5 Å². The summed E-state index contributed by atoms with van der Waals surface area (Å²) in [6.07, 6.45) is 0.691. The first-order valence-corrected chi connectivity index (χ1v) is 13.1. The van der Waals surface area contributed by atoms with E-state index in [0.717, 1.165) is 29.2 Å². The molecule has 0 aromatic heterocycles. The minimum Gasteiger partial charge on any atom is -0.488 e. The van der Waals surface area contributed by atoms with Crippen molar-refractivity contribution in [3.8, 4) is 22.6 Å². The molecule has 0 bridgehead atoms. The van der Waals surface area contributed by atoms with E-state index in [-0.39, 0.29) is 30.7 Å². The van der Waals surface area contributed by atoms with E-state index in [4.69, 9.17) is 14.2 Å². The SMILES string of the molecule is Cc1ccccc1-c1cc2c(c(OC3CCOC3)c1)OCCN(S(=O)(=O)c1cc(F)ccc1C)C2. The number of ether oxygens (including phenoxy) is 3. The molecule has 3 aromatic carbocycles. The third kappa shape index (κ3) is 4.78. The standard InChI is InChI=1S/C27H28FNO5S/c1-18-5-3-4-6-24(18)20-13-21-16-29(35(30,31)26-15-22(28)8-7-19(26)2)10-12-33-27(21)25(14-20)34-23-9-11-32-17-23/h3-8,13-15,23H,9-12,16-17H2,1-2H3. The largest absolute Gasteiger partial charge is 0.488 e. The van der Waals surface area contributed by atoms with Crippen molar-refractivity contribution >= 4 is 10.0 Å². The van der Waals surface area contributed by atoms with Gasteiger partial charge in [-0.1, -0.05) is 30.3 Å². The Morgan fingerprint density at radius 1 is 1.03 bits per heavy atom. The van der Waals surface area contributed by atoms with Gasteiger partial charge >= 0.3 is 0 Å². The molecule has 5 rings (SSSR count). The van der Waals surface area contributed by atoms with Crippen LogP contribution in [0.2, 0.25) is 0 Å². The zero-order chi connectivity index (χ0) is 24.6. The van der Waals surface area contributed by atoms with Crippen LogP contribution in [0.15, 0.2) is 59.5 Å². The number of halogens is 1. The zero-order valence-electron chi connectivity index (χ0n) is 19.8. The van der Waals surface area contributed by atoms with Crippen molar-refractivity contribution in [1.29, 1.82) is 0 Å². The van der Waals surface area contributed by atoms with Gasteiger partial charge in [0.2, 0.25) is 10.0 Å². The minimum absolute atomic E-state index is 0.0319. The Balaban J connectivity index is 1.58. The summed E-state index contributed by atoms with van der Waals surface area (Å²) in [5.41, 5.74) is 4.24. The monoisotopic (exact) mass is 497 g/mol. The Bertz CT molecular complexity index is 1350. The lowest BCUT2D eigenvalue weighted by molar-refractivity contribution is 0.137.